The Morgan fingerprint density at radius 1 is 1.21 bits per heavy atom. The van der Waals surface area contributed by atoms with Crippen LogP contribution in [0.3, 0.4) is 0 Å². The smallest absolute Gasteiger partial charge is 0.264 e. The van der Waals surface area contributed by atoms with Gasteiger partial charge in [-0.05, 0) is 62.3 Å². The van der Waals surface area contributed by atoms with Crippen LogP contribution in [-0.4, -0.2) is 52.3 Å². The Morgan fingerprint density at radius 2 is 2.11 bits per heavy atom. The van der Waals surface area contributed by atoms with Crippen molar-refractivity contribution in [3.05, 3.63) is 52.0 Å². The average molecular weight is 398 g/mol. The highest BCUT2D eigenvalue weighted by atomic mass is 32.1. The summed E-state index contributed by atoms with van der Waals surface area (Å²) < 4.78 is 0. The summed E-state index contributed by atoms with van der Waals surface area (Å²) in [5.41, 5.74) is 1.10. The number of fused-ring (bicyclic) bond motifs is 1. The Labute approximate surface area is 170 Å². The number of piperidine rings is 2. The zero-order valence-electron chi connectivity index (χ0n) is 16.3. The van der Waals surface area contributed by atoms with Crippen molar-refractivity contribution in [3.63, 3.8) is 0 Å². The molecule has 4 rings (SSSR count). The number of pyridine rings is 1. The van der Waals surface area contributed by atoms with Gasteiger partial charge in [0.25, 0.3) is 5.91 Å². The standard InChI is InChI=1S/C22H27N3O2S/c1-16-6-8-20(28-16)22(27)25-12-3-5-18-15-24(13-10-19(18)25)21(26)9-7-17-4-2-11-23-14-17/h2,4,6,8,11,14,18-19H,3,5,7,9-10,12-13,15H2,1H3/t18-,19+/m1/s1. The second kappa shape index (κ2) is 8.43. The normalized spacial score (nSPS) is 22.0. The zero-order valence-corrected chi connectivity index (χ0v) is 17.2. The molecule has 2 aliphatic rings. The third-order valence-electron chi connectivity index (χ3n) is 5.98. The minimum atomic E-state index is 0.171. The molecule has 28 heavy (non-hydrogen) atoms. The number of hydrogen-bond donors (Lipinski definition) is 0. The predicted octanol–water partition coefficient (Wildman–Crippen LogP) is 3.54. The highest BCUT2D eigenvalue weighted by Crippen LogP contribution is 2.32. The Morgan fingerprint density at radius 3 is 2.86 bits per heavy atom. The first-order valence-electron chi connectivity index (χ1n) is 10.2. The molecule has 4 heterocycles. The Balaban J connectivity index is 1.36. The zero-order chi connectivity index (χ0) is 19.5. The molecule has 6 heteroatoms. The average Bonchev–Trinajstić information content (AvgIpc) is 3.17. The van der Waals surface area contributed by atoms with E-state index in [1.165, 1.54) is 4.88 Å². The molecule has 2 saturated heterocycles. The third-order valence-corrected chi connectivity index (χ3v) is 6.97. The number of nitrogens with zero attached hydrogens (tertiary/aromatic N) is 3. The second-order valence-electron chi connectivity index (χ2n) is 7.87. The molecule has 0 bridgehead atoms. The fourth-order valence-corrected chi connectivity index (χ4v) is 5.35. The molecule has 0 aliphatic carbocycles. The van der Waals surface area contributed by atoms with Crippen molar-refractivity contribution in [2.75, 3.05) is 19.6 Å². The van der Waals surface area contributed by atoms with E-state index in [-0.39, 0.29) is 17.9 Å². The van der Waals surface area contributed by atoms with E-state index in [1.54, 1.807) is 17.5 Å². The van der Waals surface area contributed by atoms with E-state index >= 15 is 0 Å². The molecule has 0 N–H and O–H groups in total. The summed E-state index contributed by atoms with van der Waals surface area (Å²) in [5, 5.41) is 0. The van der Waals surface area contributed by atoms with Crippen LogP contribution < -0.4 is 0 Å². The number of hydrogen-bond acceptors (Lipinski definition) is 4. The molecule has 148 valence electrons. The topological polar surface area (TPSA) is 53.5 Å². The summed E-state index contributed by atoms with van der Waals surface area (Å²) >= 11 is 1.58. The molecule has 2 amide bonds. The maximum Gasteiger partial charge on any atom is 0.264 e. The lowest BCUT2D eigenvalue weighted by atomic mass is 9.83. The molecule has 2 aromatic heterocycles. The maximum atomic E-state index is 13.0. The van der Waals surface area contributed by atoms with Gasteiger partial charge in [0, 0.05) is 49.4 Å². The van der Waals surface area contributed by atoms with Crippen molar-refractivity contribution < 1.29 is 9.59 Å². The molecular formula is C22H27N3O2S. The van der Waals surface area contributed by atoms with E-state index < -0.39 is 0 Å². The van der Waals surface area contributed by atoms with Crippen molar-refractivity contribution in [1.82, 2.24) is 14.8 Å². The predicted molar refractivity (Wildman–Crippen MR) is 110 cm³/mol. The molecule has 0 unspecified atom stereocenters. The second-order valence-corrected chi connectivity index (χ2v) is 9.16. The number of rotatable bonds is 4. The largest absolute Gasteiger partial charge is 0.342 e. The number of amides is 2. The first kappa shape index (κ1) is 19.1. The van der Waals surface area contributed by atoms with Gasteiger partial charge < -0.3 is 9.80 Å². The van der Waals surface area contributed by atoms with Crippen LogP contribution in [0.5, 0.6) is 0 Å². The lowest BCUT2D eigenvalue weighted by Gasteiger charge is -2.47. The summed E-state index contributed by atoms with van der Waals surface area (Å²) in [6, 6.07) is 8.16. The quantitative estimate of drug-likeness (QED) is 0.793. The van der Waals surface area contributed by atoms with Gasteiger partial charge in [-0.2, -0.15) is 0 Å². The maximum absolute atomic E-state index is 13.0. The lowest BCUT2D eigenvalue weighted by Crippen LogP contribution is -2.56. The first-order chi connectivity index (χ1) is 13.6. The van der Waals surface area contributed by atoms with E-state index in [0.29, 0.717) is 12.3 Å². The van der Waals surface area contributed by atoms with Crippen molar-refractivity contribution in [3.8, 4) is 0 Å². The SMILES string of the molecule is Cc1ccc(C(=O)N2CCC[C@@H]3CN(C(=O)CCc4cccnc4)CC[C@@H]32)s1. The molecule has 0 aromatic carbocycles. The minimum Gasteiger partial charge on any atom is -0.342 e. The van der Waals surface area contributed by atoms with Gasteiger partial charge in [-0.3, -0.25) is 14.6 Å². The lowest BCUT2D eigenvalue weighted by molar-refractivity contribution is -0.134. The third kappa shape index (κ3) is 4.12. The number of likely N-dealkylation sites (tertiary alicyclic amines) is 2. The van der Waals surface area contributed by atoms with Crippen LogP contribution in [0.15, 0.2) is 36.7 Å². The van der Waals surface area contributed by atoms with Gasteiger partial charge in [-0.25, -0.2) is 0 Å². The molecule has 2 atom stereocenters. The van der Waals surface area contributed by atoms with Crippen molar-refractivity contribution in [2.24, 2.45) is 5.92 Å². The fraction of sp³-hybridized carbons (Fsp3) is 0.500. The number of carbonyl (C=O) groups excluding carboxylic acids is 2. The fourth-order valence-electron chi connectivity index (χ4n) is 4.53. The van der Waals surface area contributed by atoms with Crippen LogP contribution in [0.25, 0.3) is 0 Å². The van der Waals surface area contributed by atoms with Gasteiger partial charge in [-0.15, -0.1) is 11.3 Å². The van der Waals surface area contributed by atoms with Crippen molar-refractivity contribution in [1.29, 1.82) is 0 Å². The van der Waals surface area contributed by atoms with Gasteiger partial charge in [0.1, 0.15) is 0 Å². The van der Waals surface area contributed by atoms with Gasteiger partial charge >= 0.3 is 0 Å². The molecule has 2 fully saturated rings. The van der Waals surface area contributed by atoms with Crippen LogP contribution in [0.4, 0.5) is 0 Å². The molecule has 0 spiro atoms. The molecule has 0 radical (unpaired) electrons. The Bertz CT molecular complexity index is 835. The van der Waals surface area contributed by atoms with E-state index in [0.717, 1.165) is 55.8 Å². The summed E-state index contributed by atoms with van der Waals surface area (Å²) in [5.74, 6) is 0.790. The van der Waals surface area contributed by atoms with Gasteiger partial charge in [0.05, 0.1) is 4.88 Å². The van der Waals surface area contributed by atoms with Crippen molar-refractivity contribution >= 4 is 23.2 Å². The molecule has 0 saturated carbocycles. The number of aryl methyl sites for hydroxylation is 2. The molecule has 2 aliphatic heterocycles. The summed E-state index contributed by atoms with van der Waals surface area (Å²) in [6.45, 7) is 4.41. The van der Waals surface area contributed by atoms with E-state index in [1.807, 2.05) is 42.3 Å². The molecule has 5 nitrogen and oxygen atoms in total. The van der Waals surface area contributed by atoms with Crippen molar-refractivity contribution in [2.45, 2.75) is 45.1 Å². The first-order valence-corrected chi connectivity index (χ1v) is 11.0. The highest BCUT2D eigenvalue weighted by molar-refractivity contribution is 7.13. The van der Waals surface area contributed by atoms with Gasteiger partial charge in [0.15, 0.2) is 0 Å². The van der Waals surface area contributed by atoms with Crippen LogP contribution in [0, 0.1) is 12.8 Å². The number of thiophene rings is 1. The van der Waals surface area contributed by atoms with E-state index in [9.17, 15) is 9.59 Å². The highest BCUT2D eigenvalue weighted by Gasteiger charge is 2.39. The summed E-state index contributed by atoms with van der Waals surface area (Å²) in [4.78, 5) is 35.9. The van der Waals surface area contributed by atoms with Crippen LogP contribution >= 0.6 is 11.3 Å². The minimum absolute atomic E-state index is 0.171. The molecule has 2 aromatic rings. The number of carbonyl (C=O) groups is 2. The van der Waals surface area contributed by atoms with Crippen LogP contribution in [0.1, 0.15) is 45.8 Å². The summed E-state index contributed by atoms with van der Waals surface area (Å²) in [7, 11) is 0. The Hall–Kier alpha value is -2.21. The van der Waals surface area contributed by atoms with Gasteiger partial charge in [-0.1, -0.05) is 6.07 Å². The van der Waals surface area contributed by atoms with Crippen LogP contribution in [0.2, 0.25) is 0 Å². The Kier molecular flexibility index (Phi) is 5.76. The molecular weight excluding hydrogens is 370 g/mol. The summed E-state index contributed by atoms with van der Waals surface area (Å²) in [6.07, 6.45) is 7.86. The number of aromatic nitrogens is 1. The van der Waals surface area contributed by atoms with Crippen LogP contribution in [-0.2, 0) is 11.2 Å². The van der Waals surface area contributed by atoms with E-state index in [4.69, 9.17) is 0 Å². The van der Waals surface area contributed by atoms with Gasteiger partial charge in [0.2, 0.25) is 5.91 Å². The monoisotopic (exact) mass is 397 g/mol. The van der Waals surface area contributed by atoms with E-state index in [2.05, 4.69) is 9.88 Å².